The molecule has 1 fully saturated rings. The monoisotopic (exact) mass is 243 g/mol. The first-order valence-electron chi connectivity index (χ1n) is 5.64. The summed E-state index contributed by atoms with van der Waals surface area (Å²) in [6.07, 6.45) is 1.31. The number of hydrogen-bond acceptors (Lipinski definition) is 6. The molecule has 1 saturated heterocycles. The van der Waals surface area contributed by atoms with Gasteiger partial charge in [-0.2, -0.15) is 0 Å². The molecular formula is C11H17NO5. The molecule has 1 aliphatic rings. The zero-order valence-corrected chi connectivity index (χ0v) is 10.1. The van der Waals surface area contributed by atoms with Crippen molar-refractivity contribution in [2.45, 2.75) is 32.8 Å². The van der Waals surface area contributed by atoms with Gasteiger partial charge in [0.25, 0.3) is 0 Å². The first-order valence-corrected chi connectivity index (χ1v) is 5.64. The third-order valence-corrected chi connectivity index (χ3v) is 2.26. The Morgan fingerprint density at radius 1 is 1.35 bits per heavy atom. The summed E-state index contributed by atoms with van der Waals surface area (Å²) in [6, 6.07) is 0. The summed E-state index contributed by atoms with van der Waals surface area (Å²) in [6.45, 7) is 4.32. The van der Waals surface area contributed by atoms with Gasteiger partial charge in [0.05, 0.1) is 19.8 Å². The maximum absolute atomic E-state index is 11.4. The molecule has 0 amide bonds. The summed E-state index contributed by atoms with van der Waals surface area (Å²) in [5.74, 6) is -1.21. The predicted molar refractivity (Wildman–Crippen MR) is 59.7 cm³/mol. The van der Waals surface area contributed by atoms with E-state index in [9.17, 15) is 9.59 Å². The third kappa shape index (κ3) is 4.52. The van der Waals surface area contributed by atoms with E-state index in [0.29, 0.717) is 26.1 Å². The van der Waals surface area contributed by atoms with Crippen LogP contribution in [0, 0.1) is 0 Å². The third-order valence-electron chi connectivity index (χ3n) is 2.26. The van der Waals surface area contributed by atoms with E-state index in [4.69, 9.17) is 14.3 Å². The number of nitrogens with zero attached hydrogens (tertiary/aromatic N) is 1. The lowest BCUT2D eigenvalue weighted by Crippen LogP contribution is -2.27. The maximum atomic E-state index is 11.4. The Kier molecular flexibility index (Phi) is 5.62. The van der Waals surface area contributed by atoms with Crippen molar-refractivity contribution in [3.05, 3.63) is 0 Å². The van der Waals surface area contributed by atoms with E-state index in [1.54, 1.807) is 6.92 Å². The molecule has 0 bridgehead atoms. The highest BCUT2D eigenvalue weighted by Gasteiger charge is 2.21. The lowest BCUT2D eigenvalue weighted by molar-refractivity contribution is -0.136. The van der Waals surface area contributed by atoms with Gasteiger partial charge in [0.2, 0.25) is 5.71 Å². The standard InChI is InChI=1S/C11H17NO5/c1-3-16-11(14)10(8(2)13)12-17-9-4-6-15-7-5-9/h9H,3-7H2,1-2H3/b12-10-. The van der Waals surface area contributed by atoms with Crippen LogP contribution in [0.2, 0.25) is 0 Å². The van der Waals surface area contributed by atoms with Crippen LogP contribution in [0.1, 0.15) is 26.7 Å². The van der Waals surface area contributed by atoms with E-state index in [1.165, 1.54) is 6.92 Å². The Balaban J connectivity index is 2.56. The largest absolute Gasteiger partial charge is 0.461 e. The van der Waals surface area contributed by atoms with Crippen molar-refractivity contribution in [1.82, 2.24) is 0 Å². The van der Waals surface area contributed by atoms with Gasteiger partial charge in [0.1, 0.15) is 6.10 Å². The lowest BCUT2D eigenvalue weighted by Gasteiger charge is -2.19. The van der Waals surface area contributed by atoms with Crippen molar-refractivity contribution >= 4 is 17.5 Å². The zero-order valence-electron chi connectivity index (χ0n) is 10.1. The number of Topliss-reactive ketones (excluding diaryl/α,β-unsaturated/α-hetero) is 1. The minimum absolute atomic E-state index is 0.104. The van der Waals surface area contributed by atoms with Gasteiger partial charge in [0, 0.05) is 19.8 Å². The van der Waals surface area contributed by atoms with Gasteiger partial charge in [-0.3, -0.25) is 4.79 Å². The Labute approximate surface area is 99.9 Å². The SMILES string of the molecule is CCOC(=O)/C(=N\OC1CCOCC1)C(C)=O. The van der Waals surface area contributed by atoms with E-state index in [1.807, 2.05) is 0 Å². The molecule has 1 heterocycles. The number of rotatable bonds is 5. The van der Waals surface area contributed by atoms with Crippen molar-refractivity contribution in [1.29, 1.82) is 0 Å². The molecule has 1 aliphatic heterocycles. The summed E-state index contributed by atoms with van der Waals surface area (Å²) >= 11 is 0. The number of esters is 1. The van der Waals surface area contributed by atoms with Crippen LogP contribution in [-0.2, 0) is 23.9 Å². The fourth-order valence-electron chi connectivity index (χ4n) is 1.35. The normalized spacial score (nSPS) is 17.6. The summed E-state index contributed by atoms with van der Waals surface area (Å²) < 4.78 is 9.86. The molecule has 0 unspecified atom stereocenters. The molecule has 0 N–H and O–H groups in total. The van der Waals surface area contributed by atoms with Crippen LogP contribution in [-0.4, -0.2) is 43.4 Å². The van der Waals surface area contributed by atoms with Gasteiger partial charge in [-0.1, -0.05) is 5.16 Å². The molecule has 0 radical (unpaired) electrons. The Hall–Kier alpha value is -1.43. The molecular weight excluding hydrogens is 226 g/mol. The quantitative estimate of drug-likeness (QED) is 0.307. The average molecular weight is 243 g/mol. The van der Waals surface area contributed by atoms with E-state index in [-0.39, 0.29) is 18.4 Å². The maximum Gasteiger partial charge on any atom is 0.364 e. The second-order valence-corrected chi connectivity index (χ2v) is 3.63. The van der Waals surface area contributed by atoms with Crippen molar-refractivity contribution in [2.24, 2.45) is 5.16 Å². The van der Waals surface area contributed by atoms with Gasteiger partial charge in [-0.05, 0) is 6.92 Å². The molecule has 0 aromatic heterocycles. The topological polar surface area (TPSA) is 74.2 Å². The number of ether oxygens (including phenoxy) is 2. The van der Waals surface area contributed by atoms with Crippen LogP contribution < -0.4 is 0 Å². The summed E-state index contributed by atoms with van der Waals surface area (Å²) in [4.78, 5) is 27.7. The van der Waals surface area contributed by atoms with Crippen LogP contribution in [0.15, 0.2) is 5.16 Å². The molecule has 0 atom stereocenters. The second kappa shape index (κ2) is 7.01. The van der Waals surface area contributed by atoms with Crippen molar-refractivity contribution in [3.63, 3.8) is 0 Å². The van der Waals surface area contributed by atoms with Crippen molar-refractivity contribution in [2.75, 3.05) is 19.8 Å². The molecule has 96 valence electrons. The molecule has 6 nitrogen and oxygen atoms in total. The van der Waals surface area contributed by atoms with E-state index in [0.717, 1.165) is 0 Å². The highest BCUT2D eigenvalue weighted by molar-refractivity contribution is 6.63. The minimum atomic E-state index is -0.743. The molecule has 1 rings (SSSR count). The van der Waals surface area contributed by atoms with Crippen molar-refractivity contribution < 1.29 is 23.9 Å². The first kappa shape index (κ1) is 13.6. The Morgan fingerprint density at radius 2 is 2.00 bits per heavy atom. The van der Waals surface area contributed by atoms with Crippen LogP contribution in [0.3, 0.4) is 0 Å². The highest BCUT2D eigenvalue weighted by atomic mass is 16.6. The fourth-order valence-corrected chi connectivity index (χ4v) is 1.35. The Bertz CT molecular complexity index is 307. The summed E-state index contributed by atoms with van der Waals surface area (Å²) in [7, 11) is 0. The fraction of sp³-hybridized carbons (Fsp3) is 0.727. The molecule has 0 aromatic rings. The van der Waals surface area contributed by atoms with Crippen LogP contribution in [0.5, 0.6) is 0 Å². The summed E-state index contributed by atoms with van der Waals surface area (Å²) in [5, 5.41) is 3.60. The first-order chi connectivity index (χ1) is 8.15. The molecule has 0 aromatic carbocycles. The van der Waals surface area contributed by atoms with Gasteiger partial charge >= 0.3 is 5.97 Å². The number of ketones is 1. The van der Waals surface area contributed by atoms with Gasteiger partial charge in [-0.25, -0.2) is 4.79 Å². The van der Waals surface area contributed by atoms with Crippen LogP contribution in [0.25, 0.3) is 0 Å². The van der Waals surface area contributed by atoms with Gasteiger partial charge in [0.15, 0.2) is 5.78 Å². The van der Waals surface area contributed by atoms with E-state index >= 15 is 0 Å². The number of carbonyl (C=O) groups excluding carboxylic acids is 2. The Morgan fingerprint density at radius 3 is 2.53 bits per heavy atom. The molecule has 6 heteroatoms. The highest BCUT2D eigenvalue weighted by Crippen LogP contribution is 2.11. The van der Waals surface area contributed by atoms with E-state index < -0.39 is 11.8 Å². The molecule has 0 aliphatic carbocycles. The van der Waals surface area contributed by atoms with Crippen LogP contribution >= 0.6 is 0 Å². The number of carbonyl (C=O) groups is 2. The number of oxime groups is 1. The van der Waals surface area contributed by atoms with Gasteiger partial charge in [-0.15, -0.1) is 0 Å². The summed E-state index contributed by atoms with van der Waals surface area (Å²) in [5.41, 5.74) is -0.293. The van der Waals surface area contributed by atoms with Gasteiger partial charge < -0.3 is 14.3 Å². The minimum Gasteiger partial charge on any atom is -0.461 e. The average Bonchev–Trinajstić information content (AvgIpc) is 2.30. The number of hydrogen-bond donors (Lipinski definition) is 0. The predicted octanol–water partition coefficient (Wildman–Crippen LogP) is 0.690. The molecule has 0 saturated carbocycles. The second-order valence-electron chi connectivity index (χ2n) is 3.63. The molecule has 0 spiro atoms. The lowest BCUT2D eigenvalue weighted by atomic mass is 10.2. The zero-order chi connectivity index (χ0) is 12.7. The van der Waals surface area contributed by atoms with Crippen LogP contribution in [0.4, 0.5) is 0 Å². The smallest absolute Gasteiger partial charge is 0.364 e. The van der Waals surface area contributed by atoms with E-state index in [2.05, 4.69) is 5.16 Å². The molecule has 17 heavy (non-hydrogen) atoms. The van der Waals surface area contributed by atoms with Crippen molar-refractivity contribution in [3.8, 4) is 0 Å².